The number of aromatic nitrogens is 4. The zero-order valence-corrected chi connectivity index (χ0v) is 15.8. The van der Waals surface area contributed by atoms with Gasteiger partial charge in [0.15, 0.2) is 11.5 Å². The first-order valence-electron chi connectivity index (χ1n) is 7.63. The highest BCUT2D eigenvalue weighted by Gasteiger charge is 2.42. The Kier molecular flexibility index (Phi) is 6.41. The van der Waals surface area contributed by atoms with Crippen LogP contribution in [0.1, 0.15) is 11.4 Å². The SMILES string of the molecule is O=C(ONC(=Nc1ccc(F)c(Cl)c1)c1nonc1CNc1nncs1)C(F)(F)F. The van der Waals surface area contributed by atoms with Crippen molar-refractivity contribution in [1.82, 2.24) is 26.0 Å². The summed E-state index contributed by atoms with van der Waals surface area (Å²) in [5, 5.41) is 17.5. The fourth-order valence-corrected chi connectivity index (χ4v) is 2.49. The van der Waals surface area contributed by atoms with Crippen molar-refractivity contribution in [2.24, 2.45) is 4.99 Å². The van der Waals surface area contributed by atoms with E-state index < -0.39 is 23.8 Å². The van der Waals surface area contributed by atoms with Crippen molar-refractivity contribution in [2.45, 2.75) is 12.7 Å². The summed E-state index contributed by atoms with van der Waals surface area (Å²) < 4.78 is 55.3. The number of hydrogen-bond acceptors (Lipinski definition) is 10. The molecule has 2 heterocycles. The maximum atomic E-state index is 13.3. The molecule has 0 bridgehead atoms. The molecule has 0 spiro atoms. The minimum Gasteiger partial charge on any atom is -0.354 e. The Morgan fingerprint density at radius 1 is 1.33 bits per heavy atom. The van der Waals surface area contributed by atoms with Gasteiger partial charge in [-0.15, -0.1) is 10.2 Å². The van der Waals surface area contributed by atoms with Gasteiger partial charge < -0.3 is 10.2 Å². The molecule has 0 saturated heterocycles. The summed E-state index contributed by atoms with van der Waals surface area (Å²) in [5.41, 5.74) is 3.13. The molecular formula is C14H8ClF4N7O3S. The highest BCUT2D eigenvalue weighted by molar-refractivity contribution is 7.13. The number of carbonyl (C=O) groups is 1. The van der Waals surface area contributed by atoms with E-state index in [1.807, 2.05) is 0 Å². The number of carbonyl (C=O) groups excluding carboxylic acids is 1. The van der Waals surface area contributed by atoms with E-state index in [9.17, 15) is 22.4 Å². The minimum absolute atomic E-state index is 0.0120. The van der Waals surface area contributed by atoms with Gasteiger partial charge in [-0.05, 0) is 23.4 Å². The van der Waals surface area contributed by atoms with Crippen molar-refractivity contribution in [3.8, 4) is 0 Å². The number of alkyl halides is 3. The number of rotatable bonds is 5. The van der Waals surface area contributed by atoms with Crippen molar-refractivity contribution in [3.05, 3.63) is 45.9 Å². The largest absolute Gasteiger partial charge is 0.493 e. The van der Waals surface area contributed by atoms with Gasteiger partial charge in [-0.1, -0.05) is 28.1 Å². The molecule has 0 aliphatic heterocycles. The van der Waals surface area contributed by atoms with E-state index in [4.69, 9.17) is 11.6 Å². The number of anilines is 1. The van der Waals surface area contributed by atoms with Gasteiger partial charge in [0, 0.05) is 0 Å². The first-order chi connectivity index (χ1) is 14.2. The van der Waals surface area contributed by atoms with Crippen LogP contribution in [-0.4, -0.2) is 38.5 Å². The van der Waals surface area contributed by atoms with Gasteiger partial charge in [0.25, 0.3) is 0 Å². The van der Waals surface area contributed by atoms with E-state index in [0.717, 1.165) is 12.1 Å². The lowest BCUT2D eigenvalue weighted by Crippen LogP contribution is -2.35. The highest BCUT2D eigenvalue weighted by Crippen LogP contribution is 2.23. The van der Waals surface area contributed by atoms with Gasteiger partial charge in [-0.25, -0.2) is 18.8 Å². The highest BCUT2D eigenvalue weighted by atomic mass is 35.5. The Bertz CT molecular complexity index is 1060. The number of hydrogen-bond donors (Lipinski definition) is 2. The van der Waals surface area contributed by atoms with Gasteiger partial charge in [0.2, 0.25) is 5.13 Å². The van der Waals surface area contributed by atoms with Crippen molar-refractivity contribution in [1.29, 1.82) is 0 Å². The van der Waals surface area contributed by atoms with Crippen molar-refractivity contribution in [3.63, 3.8) is 0 Å². The van der Waals surface area contributed by atoms with Crippen LogP contribution in [0.3, 0.4) is 0 Å². The average Bonchev–Trinajstić information content (AvgIpc) is 3.36. The second kappa shape index (κ2) is 9.00. The predicted molar refractivity (Wildman–Crippen MR) is 94.4 cm³/mol. The van der Waals surface area contributed by atoms with Crippen LogP contribution in [0.15, 0.2) is 33.3 Å². The Morgan fingerprint density at radius 3 is 2.80 bits per heavy atom. The fourth-order valence-electron chi connectivity index (χ4n) is 1.87. The second-order valence-corrected chi connectivity index (χ2v) is 6.45. The average molecular weight is 466 g/mol. The van der Waals surface area contributed by atoms with Crippen LogP contribution < -0.4 is 10.8 Å². The number of nitrogens with zero attached hydrogens (tertiary/aromatic N) is 5. The molecule has 3 aromatic rings. The zero-order valence-electron chi connectivity index (χ0n) is 14.3. The smallest absolute Gasteiger partial charge is 0.354 e. The third kappa shape index (κ3) is 5.38. The molecule has 158 valence electrons. The van der Waals surface area contributed by atoms with Crippen LogP contribution in [0.5, 0.6) is 0 Å². The van der Waals surface area contributed by atoms with E-state index in [-0.39, 0.29) is 28.6 Å². The normalized spacial score (nSPS) is 12.0. The molecule has 0 atom stereocenters. The number of aliphatic imine (C=N–C) groups is 1. The summed E-state index contributed by atoms with van der Waals surface area (Å²) in [6.45, 7) is -0.0356. The van der Waals surface area contributed by atoms with E-state index in [2.05, 4.69) is 40.3 Å². The van der Waals surface area contributed by atoms with Gasteiger partial charge in [0.05, 0.1) is 17.3 Å². The molecule has 0 aliphatic rings. The number of hydroxylamine groups is 1. The topological polar surface area (TPSA) is 127 Å². The summed E-state index contributed by atoms with van der Waals surface area (Å²) >= 11 is 6.86. The van der Waals surface area contributed by atoms with Gasteiger partial charge >= 0.3 is 12.1 Å². The lowest BCUT2D eigenvalue weighted by Gasteiger charge is -2.10. The molecule has 0 unspecified atom stereocenters. The lowest BCUT2D eigenvalue weighted by molar-refractivity contribution is -0.203. The van der Waals surface area contributed by atoms with Crippen LogP contribution in [0.2, 0.25) is 5.02 Å². The molecule has 2 aromatic heterocycles. The van der Waals surface area contributed by atoms with Crippen molar-refractivity contribution < 1.29 is 31.8 Å². The summed E-state index contributed by atoms with van der Waals surface area (Å²) in [7, 11) is 0. The molecule has 0 saturated carbocycles. The van der Waals surface area contributed by atoms with Gasteiger partial charge in [-0.2, -0.15) is 18.7 Å². The Labute approximate surface area is 172 Å². The predicted octanol–water partition coefficient (Wildman–Crippen LogP) is 3.01. The number of benzene rings is 1. The molecule has 16 heteroatoms. The lowest BCUT2D eigenvalue weighted by atomic mass is 10.2. The quantitative estimate of drug-likeness (QED) is 0.253. The number of halogens is 5. The summed E-state index contributed by atoms with van der Waals surface area (Å²) in [6.07, 6.45) is -5.26. The first-order valence-corrected chi connectivity index (χ1v) is 8.89. The first kappa shape index (κ1) is 21.4. The summed E-state index contributed by atoms with van der Waals surface area (Å²) in [6, 6.07) is 3.26. The Morgan fingerprint density at radius 2 is 2.13 bits per heavy atom. The molecular weight excluding hydrogens is 458 g/mol. The molecule has 1 aromatic carbocycles. The van der Waals surface area contributed by atoms with E-state index in [1.165, 1.54) is 22.9 Å². The van der Waals surface area contributed by atoms with Crippen LogP contribution >= 0.6 is 22.9 Å². The second-order valence-electron chi connectivity index (χ2n) is 5.21. The monoisotopic (exact) mass is 465 g/mol. The minimum atomic E-state index is -5.26. The van der Waals surface area contributed by atoms with E-state index in [1.54, 1.807) is 5.48 Å². The summed E-state index contributed by atoms with van der Waals surface area (Å²) in [4.78, 5) is 19.0. The number of amidine groups is 1. The molecule has 0 aliphatic carbocycles. The molecule has 0 radical (unpaired) electrons. The standard InChI is InChI=1S/C14H8ClF4N7O3S/c15-7-3-6(1-2-8(7)16)22-11(26-28-12(27)14(17,18)19)10-9(24-29-25-10)4-20-13-23-21-5-30-13/h1-3,5H,4H2,(H,20,23)(H,22,26). The maximum absolute atomic E-state index is 13.3. The fraction of sp³-hybridized carbons (Fsp3) is 0.143. The molecule has 30 heavy (non-hydrogen) atoms. The van der Waals surface area contributed by atoms with Crippen LogP contribution in [0.25, 0.3) is 0 Å². The molecule has 2 N–H and O–H groups in total. The molecule has 3 rings (SSSR count). The van der Waals surface area contributed by atoms with E-state index >= 15 is 0 Å². The Hall–Kier alpha value is -3.33. The third-order valence-electron chi connectivity index (χ3n) is 3.16. The summed E-state index contributed by atoms with van der Waals surface area (Å²) in [5.74, 6) is -3.75. The van der Waals surface area contributed by atoms with Crippen LogP contribution in [0.4, 0.5) is 28.4 Å². The maximum Gasteiger partial charge on any atom is 0.493 e. The third-order valence-corrected chi connectivity index (χ3v) is 4.10. The van der Waals surface area contributed by atoms with Crippen LogP contribution in [0, 0.1) is 5.82 Å². The molecule has 0 amide bonds. The number of nitrogens with one attached hydrogen (secondary N) is 2. The zero-order chi connectivity index (χ0) is 21.7. The van der Waals surface area contributed by atoms with Crippen LogP contribution in [-0.2, 0) is 16.2 Å². The Balaban J connectivity index is 1.89. The molecule has 10 nitrogen and oxygen atoms in total. The molecule has 0 fully saturated rings. The van der Waals surface area contributed by atoms with Gasteiger partial charge in [0.1, 0.15) is 17.0 Å². The van der Waals surface area contributed by atoms with Crippen molar-refractivity contribution in [2.75, 3.05) is 5.32 Å². The van der Waals surface area contributed by atoms with Crippen molar-refractivity contribution >= 4 is 45.6 Å². The van der Waals surface area contributed by atoms with Gasteiger partial charge in [-0.3, -0.25) is 0 Å². The van der Waals surface area contributed by atoms with E-state index in [0.29, 0.717) is 5.13 Å².